The third kappa shape index (κ3) is 5.13. The predicted molar refractivity (Wildman–Crippen MR) is 97.4 cm³/mol. The number of ether oxygens (including phenoxy) is 1. The number of anilines is 1. The highest BCUT2D eigenvalue weighted by Crippen LogP contribution is 2.18. The Morgan fingerprint density at radius 3 is 2.81 bits per heavy atom. The number of aromatic nitrogens is 1. The number of hydrogen-bond donors (Lipinski definition) is 2. The SMILES string of the molecule is C[C@H](NC(=O)NCc1ccnc(N2CCOCC2)c1)c1cc(F)ccc1F. The summed E-state index contributed by atoms with van der Waals surface area (Å²) in [5.41, 5.74) is 0.995. The lowest BCUT2D eigenvalue weighted by Gasteiger charge is -2.28. The molecule has 1 aromatic carbocycles. The van der Waals surface area contributed by atoms with Crippen molar-refractivity contribution in [3.05, 3.63) is 59.3 Å². The quantitative estimate of drug-likeness (QED) is 0.842. The summed E-state index contributed by atoms with van der Waals surface area (Å²) in [4.78, 5) is 18.6. The van der Waals surface area contributed by atoms with Crippen molar-refractivity contribution in [2.24, 2.45) is 0 Å². The third-order valence-corrected chi connectivity index (χ3v) is 4.37. The second-order valence-electron chi connectivity index (χ2n) is 6.34. The Morgan fingerprint density at radius 1 is 1.26 bits per heavy atom. The van der Waals surface area contributed by atoms with Crippen molar-refractivity contribution in [2.75, 3.05) is 31.2 Å². The van der Waals surface area contributed by atoms with Crippen LogP contribution in [0.15, 0.2) is 36.5 Å². The van der Waals surface area contributed by atoms with Gasteiger partial charge < -0.3 is 20.3 Å². The summed E-state index contributed by atoms with van der Waals surface area (Å²) < 4.78 is 32.4. The van der Waals surface area contributed by atoms with E-state index in [1.54, 1.807) is 13.1 Å². The number of urea groups is 1. The fraction of sp³-hybridized carbons (Fsp3) is 0.368. The molecular formula is C19H22F2N4O2. The first-order valence-electron chi connectivity index (χ1n) is 8.80. The molecule has 2 aromatic rings. The number of pyridine rings is 1. The van der Waals surface area contributed by atoms with Gasteiger partial charge in [0.2, 0.25) is 0 Å². The Balaban J connectivity index is 1.55. The van der Waals surface area contributed by atoms with Gasteiger partial charge in [-0.1, -0.05) is 0 Å². The Labute approximate surface area is 156 Å². The number of nitrogens with one attached hydrogen (secondary N) is 2. The molecule has 0 aliphatic carbocycles. The summed E-state index contributed by atoms with van der Waals surface area (Å²) in [5.74, 6) is -0.269. The summed E-state index contributed by atoms with van der Waals surface area (Å²) in [6.45, 7) is 4.79. The van der Waals surface area contributed by atoms with E-state index in [4.69, 9.17) is 4.74 Å². The van der Waals surface area contributed by atoms with Crippen molar-refractivity contribution < 1.29 is 18.3 Å². The van der Waals surface area contributed by atoms with Crippen LogP contribution in [-0.4, -0.2) is 37.3 Å². The molecule has 1 saturated heterocycles. The van der Waals surface area contributed by atoms with Crippen LogP contribution in [0.4, 0.5) is 19.4 Å². The van der Waals surface area contributed by atoms with Crippen LogP contribution in [0.3, 0.4) is 0 Å². The first kappa shape index (κ1) is 19.0. The van der Waals surface area contributed by atoms with Gasteiger partial charge in [0, 0.05) is 31.4 Å². The molecule has 3 rings (SSSR count). The average molecular weight is 376 g/mol. The van der Waals surface area contributed by atoms with Gasteiger partial charge in [0.25, 0.3) is 0 Å². The lowest BCUT2D eigenvalue weighted by Crippen LogP contribution is -2.37. The molecule has 1 fully saturated rings. The summed E-state index contributed by atoms with van der Waals surface area (Å²) >= 11 is 0. The number of benzene rings is 1. The van der Waals surface area contributed by atoms with E-state index in [0.717, 1.165) is 42.7 Å². The van der Waals surface area contributed by atoms with Gasteiger partial charge >= 0.3 is 6.03 Å². The van der Waals surface area contributed by atoms with Crippen LogP contribution in [0.2, 0.25) is 0 Å². The van der Waals surface area contributed by atoms with Crippen LogP contribution in [0, 0.1) is 11.6 Å². The second-order valence-corrected chi connectivity index (χ2v) is 6.34. The number of carbonyl (C=O) groups is 1. The van der Waals surface area contributed by atoms with Crippen LogP contribution in [0.25, 0.3) is 0 Å². The highest BCUT2D eigenvalue weighted by molar-refractivity contribution is 5.74. The zero-order chi connectivity index (χ0) is 19.2. The van der Waals surface area contributed by atoms with Crippen molar-refractivity contribution in [1.82, 2.24) is 15.6 Å². The molecule has 0 spiro atoms. The smallest absolute Gasteiger partial charge is 0.315 e. The van der Waals surface area contributed by atoms with E-state index in [9.17, 15) is 13.6 Å². The Kier molecular flexibility index (Phi) is 6.18. The number of rotatable bonds is 5. The van der Waals surface area contributed by atoms with Crippen LogP contribution in [-0.2, 0) is 11.3 Å². The molecule has 8 heteroatoms. The number of halogens is 2. The fourth-order valence-electron chi connectivity index (χ4n) is 2.89. The normalized spacial score (nSPS) is 15.3. The van der Waals surface area contributed by atoms with Crippen LogP contribution >= 0.6 is 0 Å². The minimum Gasteiger partial charge on any atom is -0.378 e. The highest BCUT2D eigenvalue weighted by Gasteiger charge is 2.15. The van der Waals surface area contributed by atoms with Crippen molar-refractivity contribution in [3.63, 3.8) is 0 Å². The lowest BCUT2D eigenvalue weighted by molar-refractivity contribution is 0.122. The standard InChI is InChI=1S/C19H22F2N4O2/c1-13(16-11-15(20)2-3-17(16)21)24-19(26)23-12-14-4-5-22-18(10-14)25-6-8-27-9-7-25/h2-5,10-11,13H,6-9,12H2,1H3,(H2,23,24,26)/t13-/m0/s1. The number of morpholine rings is 1. The van der Waals surface area contributed by atoms with Crippen molar-refractivity contribution >= 4 is 11.8 Å². The summed E-state index contributed by atoms with van der Waals surface area (Å²) in [5, 5.41) is 5.34. The minimum atomic E-state index is -0.665. The monoisotopic (exact) mass is 376 g/mol. The predicted octanol–water partition coefficient (Wildman–Crippen LogP) is 2.76. The van der Waals surface area contributed by atoms with Gasteiger partial charge in [0.15, 0.2) is 0 Å². The second kappa shape index (κ2) is 8.77. The molecule has 1 aliphatic heterocycles. The average Bonchev–Trinajstić information content (AvgIpc) is 2.69. The molecule has 0 bridgehead atoms. The van der Waals surface area contributed by atoms with E-state index in [1.165, 1.54) is 0 Å². The van der Waals surface area contributed by atoms with Gasteiger partial charge in [0.05, 0.1) is 19.3 Å². The molecule has 27 heavy (non-hydrogen) atoms. The maximum atomic E-state index is 13.8. The van der Waals surface area contributed by atoms with E-state index in [2.05, 4.69) is 20.5 Å². The van der Waals surface area contributed by atoms with Gasteiger partial charge in [-0.15, -0.1) is 0 Å². The molecule has 2 amide bonds. The lowest BCUT2D eigenvalue weighted by atomic mass is 10.1. The molecule has 6 nitrogen and oxygen atoms in total. The van der Waals surface area contributed by atoms with E-state index >= 15 is 0 Å². The summed E-state index contributed by atoms with van der Waals surface area (Å²) in [7, 11) is 0. The molecular weight excluding hydrogens is 354 g/mol. The maximum Gasteiger partial charge on any atom is 0.315 e. The third-order valence-electron chi connectivity index (χ3n) is 4.37. The van der Waals surface area contributed by atoms with E-state index in [0.29, 0.717) is 19.8 Å². The number of amides is 2. The molecule has 2 N–H and O–H groups in total. The Hall–Kier alpha value is -2.74. The maximum absolute atomic E-state index is 13.8. The zero-order valence-electron chi connectivity index (χ0n) is 15.0. The van der Waals surface area contributed by atoms with Gasteiger partial charge in [-0.2, -0.15) is 0 Å². The van der Waals surface area contributed by atoms with Gasteiger partial charge in [-0.05, 0) is 42.8 Å². The Bertz CT molecular complexity index is 797. The number of hydrogen-bond acceptors (Lipinski definition) is 4. The largest absolute Gasteiger partial charge is 0.378 e. The highest BCUT2D eigenvalue weighted by atomic mass is 19.1. The van der Waals surface area contributed by atoms with Crippen LogP contribution in [0.1, 0.15) is 24.1 Å². The van der Waals surface area contributed by atoms with Gasteiger partial charge in [0.1, 0.15) is 17.5 Å². The topological polar surface area (TPSA) is 66.5 Å². The minimum absolute atomic E-state index is 0.101. The molecule has 2 heterocycles. The summed E-state index contributed by atoms with van der Waals surface area (Å²) in [6.07, 6.45) is 1.70. The van der Waals surface area contributed by atoms with Crippen molar-refractivity contribution in [1.29, 1.82) is 0 Å². The molecule has 144 valence electrons. The van der Waals surface area contributed by atoms with Crippen molar-refractivity contribution in [3.8, 4) is 0 Å². The fourth-order valence-corrected chi connectivity index (χ4v) is 2.89. The van der Waals surface area contributed by atoms with Crippen LogP contribution < -0.4 is 15.5 Å². The van der Waals surface area contributed by atoms with E-state index < -0.39 is 23.7 Å². The summed E-state index contributed by atoms with van der Waals surface area (Å²) in [6, 6.07) is 5.78. The Morgan fingerprint density at radius 2 is 2.04 bits per heavy atom. The molecule has 1 aliphatic rings. The van der Waals surface area contributed by atoms with Gasteiger partial charge in [-0.25, -0.2) is 18.6 Å². The number of nitrogens with zero attached hydrogens (tertiary/aromatic N) is 2. The first-order valence-corrected chi connectivity index (χ1v) is 8.80. The van der Waals surface area contributed by atoms with Crippen LogP contribution in [0.5, 0.6) is 0 Å². The number of carbonyl (C=O) groups excluding carboxylic acids is 1. The van der Waals surface area contributed by atoms with E-state index in [-0.39, 0.29) is 5.56 Å². The van der Waals surface area contributed by atoms with Crippen molar-refractivity contribution in [2.45, 2.75) is 19.5 Å². The zero-order valence-corrected chi connectivity index (χ0v) is 15.0. The van der Waals surface area contributed by atoms with Gasteiger partial charge in [-0.3, -0.25) is 0 Å². The first-order chi connectivity index (χ1) is 13.0. The molecule has 0 saturated carbocycles. The molecule has 1 aromatic heterocycles. The molecule has 0 unspecified atom stereocenters. The molecule has 1 atom stereocenters. The van der Waals surface area contributed by atoms with E-state index in [1.807, 2.05) is 12.1 Å². The molecule has 0 radical (unpaired) electrons.